The van der Waals surface area contributed by atoms with Gasteiger partial charge in [0.25, 0.3) is 0 Å². The molecule has 0 atom stereocenters. The normalized spacial score (nSPS) is 11.3. The summed E-state index contributed by atoms with van der Waals surface area (Å²) in [6, 6.07) is 0. The van der Waals surface area contributed by atoms with E-state index in [9.17, 15) is 4.79 Å². The Morgan fingerprint density at radius 1 is 0.760 bits per heavy atom. The molecular formula is C22H44N2O. The van der Waals surface area contributed by atoms with Gasteiger partial charge in [-0.1, -0.05) is 76.9 Å². The molecule has 0 aromatic rings. The fourth-order valence-electron chi connectivity index (χ4n) is 2.95. The Kier molecular flexibility index (Phi) is 20.5. The van der Waals surface area contributed by atoms with Crippen LogP contribution in [-0.2, 0) is 4.79 Å². The van der Waals surface area contributed by atoms with Gasteiger partial charge in [0.15, 0.2) is 0 Å². The van der Waals surface area contributed by atoms with E-state index in [0.29, 0.717) is 13.0 Å². The second kappa shape index (κ2) is 21.2. The number of carbonyl (C=O) groups excluding carboxylic acids is 1. The average molecular weight is 353 g/mol. The lowest BCUT2D eigenvalue weighted by molar-refractivity contribution is -0.121. The maximum Gasteiger partial charge on any atom is 0.220 e. The Morgan fingerprint density at radius 3 is 1.84 bits per heavy atom. The number of unbranched alkanes of at least 4 members (excludes halogenated alkanes) is 12. The smallest absolute Gasteiger partial charge is 0.220 e. The number of allylic oxidation sites excluding steroid dienone is 2. The number of nitrogens with two attached hydrogens (primary N) is 1. The molecular weight excluding hydrogens is 308 g/mol. The molecule has 0 aromatic carbocycles. The van der Waals surface area contributed by atoms with Gasteiger partial charge in [-0.3, -0.25) is 4.79 Å². The summed E-state index contributed by atoms with van der Waals surface area (Å²) < 4.78 is 0. The lowest BCUT2D eigenvalue weighted by Gasteiger charge is -2.04. The van der Waals surface area contributed by atoms with E-state index in [0.717, 1.165) is 19.4 Å². The van der Waals surface area contributed by atoms with Gasteiger partial charge in [-0.2, -0.15) is 0 Å². The average Bonchev–Trinajstić information content (AvgIpc) is 2.62. The second-order valence-electron chi connectivity index (χ2n) is 7.18. The lowest BCUT2D eigenvalue weighted by Crippen LogP contribution is -2.24. The van der Waals surface area contributed by atoms with E-state index in [-0.39, 0.29) is 5.91 Å². The topological polar surface area (TPSA) is 55.1 Å². The SMILES string of the molecule is CCCCCCCCC=CCCCCCCCCNC(=O)CCCN. The van der Waals surface area contributed by atoms with Crippen molar-refractivity contribution in [2.75, 3.05) is 13.1 Å². The van der Waals surface area contributed by atoms with Gasteiger partial charge < -0.3 is 11.1 Å². The molecule has 3 heteroatoms. The molecule has 0 aliphatic rings. The van der Waals surface area contributed by atoms with Gasteiger partial charge in [0.1, 0.15) is 0 Å². The first-order chi connectivity index (χ1) is 12.3. The van der Waals surface area contributed by atoms with Crippen LogP contribution in [0, 0.1) is 0 Å². The van der Waals surface area contributed by atoms with Crippen molar-refractivity contribution in [2.24, 2.45) is 5.73 Å². The van der Waals surface area contributed by atoms with Crippen LogP contribution in [0.25, 0.3) is 0 Å². The quantitative estimate of drug-likeness (QED) is 0.225. The molecule has 3 nitrogen and oxygen atoms in total. The van der Waals surface area contributed by atoms with Crippen molar-refractivity contribution in [3.8, 4) is 0 Å². The van der Waals surface area contributed by atoms with E-state index < -0.39 is 0 Å². The highest BCUT2D eigenvalue weighted by molar-refractivity contribution is 5.75. The van der Waals surface area contributed by atoms with Crippen LogP contribution in [0.15, 0.2) is 12.2 Å². The molecule has 0 unspecified atom stereocenters. The lowest BCUT2D eigenvalue weighted by atomic mass is 10.1. The van der Waals surface area contributed by atoms with Crippen molar-refractivity contribution in [3.63, 3.8) is 0 Å². The number of nitrogens with one attached hydrogen (secondary N) is 1. The number of rotatable bonds is 19. The summed E-state index contributed by atoms with van der Waals surface area (Å²) in [5, 5.41) is 2.96. The first-order valence-corrected chi connectivity index (χ1v) is 10.9. The zero-order valence-electron chi connectivity index (χ0n) is 16.9. The van der Waals surface area contributed by atoms with Gasteiger partial charge in [0, 0.05) is 13.0 Å². The Labute approximate surface area is 157 Å². The van der Waals surface area contributed by atoms with E-state index in [2.05, 4.69) is 24.4 Å². The Hall–Kier alpha value is -0.830. The number of hydrogen-bond donors (Lipinski definition) is 2. The van der Waals surface area contributed by atoms with Gasteiger partial charge in [-0.05, 0) is 45.1 Å². The minimum Gasteiger partial charge on any atom is -0.356 e. The van der Waals surface area contributed by atoms with Crippen LogP contribution in [0.1, 0.15) is 110 Å². The van der Waals surface area contributed by atoms with E-state index in [1.54, 1.807) is 0 Å². The minimum absolute atomic E-state index is 0.151. The van der Waals surface area contributed by atoms with Crippen LogP contribution >= 0.6 is 0 Å². The molecule has 0 aliphatic heterocycles. The highest BCUT2D eigenvalue weighted by Gasteiger charge is 1.98. The van der Waals surface area contributed by atoms with Crippen molar-refractivity contribution in [3.05, 3.63) is 12.2 Å². The van der Waals surface area contributed by atoms with E-state index >= 15 is 0 Å². The van der Waals surface area contributed by atoms with Crippen LogP contribution in [0.4, 0.5) is 0 Å². The van der Waals surface area contributed by atoms with Crippen LogP contribution in [0.3, 0.4) is 0 Å². The zero-order chi connectivity index (χ0) is 18.4. The Bertz CT molecular complexity index is 302. The molecule has 0 fully saturated rings. The van der Waals surface area contributed by atoms with Gasteiger partial charge >= 0.3 is 0 Å². The molecule has 0 aliphatic carbocycles. The fourth-order valence-corrected chi connectivity index (χ4v) is 2.95. The molecule has 0 saturated heterocycles. The van der Waals surface area contributed by atoms with Crippen molar-refractivity contribution in [2.45, 2.75) is 110 Å². The fraction of sp³-hybridized carbons (Fsp3) is 0.864. The van der Waals surface area contributed by atoms with E-state index in [1.165, 1.54) is 83.5 Å². The molecule has 3 N–H and O–H groups in total. The first kappa shape index (κ1) is 24.2. The Morgan fingerprint density at radius 2 is 1.28 bits per heavy atom. The predicted octanol–water partition coefficient (Wildman–Crippen LogP) is 5.88. The monoisotopic (exact) mass is 352 g/mol. The maximum absolute atomic E-state index is 11.4. The van der Waals surface area contributed by atoms with Crippen molar-refractivity contribution in [1.82, 2.24) is 5.32 Å². The molecule has 0 spiro atoms. The number of amides is 1. The molecule has 1 amide bonds. The summed E-state index contributed by atoms with van der Waals surface area (Å²) in [5.41, 5.74) is 5.39. The molecule has 25 heavy (non-hydrogen) atoms. The van der Waals surface area contributed by atoms with Gasteiger partial charge in [-0.15, -0.1) is 0 Å². The molecule has 0 radical (unpaired) electrons. The summed E-state index contributed by atoms with van der Waals surface area (Å²) in [6.45, 7) is 3.69. The van der Waals surface area contributed by atoms with E-state index in [4.69, 9.17) is 5.73 Å². The van der Waals surface area contributed by atoms with Gasteiger partial charge in [0.2, 0.25) is 5.91 Å². The highest BCUT2D eigenvalue weighted by atomic mass is 16.1. The Balaban J connectivity index is 3.13. The minimum atomic E-state index is 0.151. The van der Waals surface area contributed by atoms with Crippen molar-refractivity contribution < 1.29 is 4.79 Å². The third kappa shape index (κ3) is 21.1. The molecule has 0 rings (SSSR count). The number of hydrogen-bond acceptors (Lipinski definition) is 2. The standard InChI is InChI=1S/C22H44N2O/c1-2-3-4-5-6-7-8-9-10-11-12-13-14-15-16-17-21-24-22(25)19-18-20-23/h9-10H,2-8,11-21,23H2,1H3,(H,24,25). The van der Waals surface area contributed by atoms with Crippen molar-refractivity contribution in [1.29, 1.82) is 0 Å². The van der Waals surface area contributed by atoms with Crippen molar-refractivity contribution >= 4 is 5.91 Å². The summed E-state index contributed by atoms with van der Waals surface area (Å²) in [5.74, 6) is 0.151. The van der Waals surface area contributed by atoms with Gasteiger partial charge in [0.05, 0.1) is 0 Å². The molecule has 148 valence electrons. The largest absolute Gasteiger partial charge is 0.356 e. The van der Waals surface area contributed by atoms with Crippen LogP contribution in [-0.4, -0.2) is 19.0 Å². The summed E-state index contributed by atoms with van der Waals surface area (Å²) >= 11 is 0. The summed E-state index contributed by atoms with van der Waals surface area (Å²) in [7, 11) is 0. The van der Waals surface area contributed by atoms with Crippen LogP contribution in [0.5, 0.6) is 0 Å². The van der Waals surface area contributed by atoms with E-state index in [1.807, 2.05) is 0 Å². The number of carbonyl (C=O) groups is 1. The second-order valence-corrected chi connectivity index (χ2v) is 7.18. The molecule has 0 saturated carbocycles. The summed E-state index contributed by atoms with van der Waals surface area (Å²) in [6.07, 6.45) is 24.6. The summed E-state index contributed by atoms with van der Waals surface area (Å²) in [4.78, 5) is 11.4. The highest BCUT2D eigenvalue weighted by Crippen LogP contribution is 2.09. The zero-order valence-corrected chi connectivity index (χ0v) is 16.9. The molecule has 0 bridgehead atoms. The molecule has 0 aromatic heterocycles. The predicted molar refractivity (Wildman–Crippen MR) is 111 cm³/mol. The maximum atomic E-state index is 11.4. The molecule has 0 heterocycles. The third-order valence-electron chi connectivity index (χ3n) is 4.62. The van der Waals surface area contributed by atoms with Crippen LogP contribution in [0.2, 0.25) is 0 Å². The van der Waals surface area contributed by atoms with Crippen LogP contribution < -0.4 is 11.1 Å². The van der Waals surface area contributed by atoms with Gasteiger partial charge in [-0.25, -0.2) is 0 Å². The first-order valence-electron chi connectivity index (χ1n) is 10.9. The third-order valence-corrected chi connectivity index (χ3v) is 4.62.